The Bertz CT molecular complexity index is 2900. The first-order valence-electron chi connectivity index (χ1n) is 20.4. The first-order chi connectivity index (χ1) is 27.1. The van der Waals surface area contributed by atoms with Gasteiger partial charge in [-0.25, -0.2) is 0 Å². The summed E-state index contributed by atoms with van der Waals surface area (Å²) in [4.78, 5) is 0. The number of rotatable bonds is 2. The second-order valence-corrected chi connectivity index (χ2v) is 18.3. The van der Waals surface area contributed by atoms with Crippen molar-refractivity contribution in [3.05, 3.63) is 179 Å². The highest BCUT2D eigenvalue weighted by atomic mass is 14.4. The van der Waals surface area contributed by atoms with E-state index in [1.165, 1.54) is 121 Å². The maximum Gasteiger partial charge on any atom is -0.00101 e. The molecule has 0 radical (unpaired) electrons. The molecule has 270 valence electrons. The van der Waals surface area contributed by atoms with Crippen molar-refractivity contribution >= 4 is 43.1 Å². The molecule has 2 aliphatic rings. The highest BCUT2D eigenvalue weighted by molar-refractivity contribution is 6.34. The zero-order valence-electron chi connectivity index (χ0n) is 33.3. The minimum Gasteiger partial charge on any atom is -0.0622 e. The highest BCUT2D eigenvalue weighted by Crippen LogP contribution is 2.57. The monoisotopic (exact) mass is 718 g/mol. The summed E-state index contributed by atoms with van der Waals surface area (Å²) in [6, 6.07) is 55.4. The van der Waals surface area contributed by atoms with E-state index in [-0.39, 0.29) is 10.8 Å². The van der Waals surface area contributed by atoms with Crippen LogP contribution in [-0.2, 0) is 23.7 Å². The van der Waals surface area contributed by atoms with E-state index >= 15 is 0 Å². The van der Waals surface area contributed by atoms with Gasteiger partial charge in [-0.05, 0) is 145 Å². The lowest BCUT2D eigenvalue weighted by Gasteiger charge is -2.30. The molecule has 0 fully saturated rings. The Morgan fingerprint density at radius 1 is 0.339 bits per heavy atom. The second kappa shape index (κ2) is 11.8. The highest BCUT2D eigenvalue weighted by Gasteiger charge is 2.35. The van der Waals surface area contributed by atoms with E-state index in [4.69, 9.17) is 0 Å². The van der Waals surface area contributed by atoms with Crippen molar-refractivity contribution in [2.75, 3.05) is 0 Å². The first kappa shape index (κ1) is 33.4. The van der Waals surface area contributed by atoms with Crippen molar-refractivity contribution in [2.45, 2.75) is 65.2 Å². The van der Waals surface area contributed by atoms with Gasteiger partial charge >= 0.3 is 0 Å². The predicted molar refractivity (Wildman–Crippen MR) is 241 cm³/mol. The van der Waals surface area contributed by atoms with E-state index in [9.17, 15) is 0 Å². The molecule has 0 aromatic heterocycles. The quantitative estimate of drug-likeness (QED) is 0.156. The minimum atomic E-state index is -0.0704. The van der Waals surface area contributed by atoms with Gasteiger partial charge in [-0.15, -0.1) is 0 Å². The van der Waals surface area contributed by atoms with Crippen LogP contribution < -0.4 is 0 Å². The SMILES string of the molecule is CC(C)(C)c1c2c(c(-c3ccccc3)c3c1ccc1ccc4ccc5c(C(C)(C)C)c6c(c(-c7ccccc7)c5c4c13)-c1ccccc1C6)-c1ccccc1C2. The van der Waals surface area contributed by atoms with E-state index in [0.717, 1.165) is 12.8 Å². The van der Waals surface area contributed by atoms with Gasteiger partial charge in [0.2, 0.25) is 0 Å². The fourth-order valence-corrected chi connectivity index (χ4v) is 11.0. The smallest absolute Gasteiger partial charge is 0.00101 e. The van der Waals surface area contributed by atoms with Crippen LogP contribution in [0.3, 0.4) is 0 Å². The molecule has 0 spiro atoms. The maximum absolute atomic E-state index is 2.46. The van der Waals surface area contributed by atoms with Crippen LogP contribution in [0.1, 0.15) is 74.9 Å². The summed E-state index contributed by atoms with van der Waals surface area (Å²) in [7, 11) is 0. The number of hydrogen-bond acceptors (Lipinski definition) is 0. The Morgan fingerprint density at radius 3 is 1.09 bits per heavy atom. The van der Waals surface area contributed by atoms with Crippen molar-refractivity contribution in [1.29, 1.82) is 0 Å². The molecule has 2 aliphatic carbocycles. The zero-order valence-corrected chi connectivity index (χ0v) is 33.3. The van der Waals surface area contributed by atoms with Crippen molar-refractivity contribution in [1.82, 2.24) is 0 Å². The van der Waals surface area contributed by atoms with Crippen molar-refractivity contribution in [3.8, 4) is 44.5 Å². The van der Waals surface area contributed by atoms with Crippen LogP contribution in [0.5, 0.6) is 0 Å². The van der Waals surface area contributed by atoms with Gasteiger partial charge in [0.1, 0.15) is 0 Å². The van der Waals surface area contributed by atoms with Crippen LogP contribution in [0.2, 0.25) is 0 Å². The third-order valence-electron chi connectivity index (χ3n) is 12.8. The van der Waals surface area contributed by atoms with E-state index < -0.39 is 0 Å². The van der Waals surface area contributed by atoms with Gasteiger partial charge in [-0.2, -0.15) is 0 Å². The molecule has 0 heteroatoms. The van der Waals surface area contributed by atoms with Crippen molar-refractivity contribution < 1.29 is 0 Å². The number of benzene rings is 9. The van der Waals surface area contributed by atoms with E-state index in [1.807, 2.05) is 0 Å². The van der Waals surface area contributed by atoms with E-state index in [2.05, 4.69) is 187 Å². The van der Waals surface area contributed by atoms with Crippen LogP contribution >= 0.6 is 0 Å². The molecule has 0 saturated carbocycles. The third kappa shape index (κ3) is 4.65. The molecule has 9 aromatic carbocycles. The molecular formula is C56H46. The lowest BCUT2D eigenvalue weighted by Crippen LogP contribution is -2.16. The maximum atomic E-state index is 2.46. The molecule has 0 amide bonds. The summed E-state index contributed by atoms with van der Waals surface area (Å²) in [5, 5.41) is 10.8. The zero-order chi connectivity index (χ0) is 38.1. The predicted octanol–water partition coefficient (Wildman–Crippen LogP) is 15.4. The molecule has 0 atom stereocenters. The van der Waals surface area contributed by atoms with E-state index in [0.29, 0.717) is 0 Å². The Hall–Kier alpha value is -5.98. The molecule has 9 aromatic rings. The summed E-state index contributed by atoms with van der Waals surface area (Å²) in [5.41, 5.74) is 19.5. The number of fused-ring (bicyclic) bond motifs is 13. The second-order valence-electron chi connectivity index (χ2n) is 18.3. The molecule has 56 heavy (non-hydrogen) atoms. The van der Waals surface area contributed by atoms with Gasteiger partial charge in [0.05, 0.1) is 0 Å². The standard InChI is InChI=1S/C56H46/c1-55(2,3)53-41-29-27-35-25-26-36-28-30-42-52(48(34-19-11-8-12-20-34)50-40-24-16-14-22-38(40)32-44(50)54(42)56(4,5)6)46(36)45(35)51(41)47(33-17-9-7-10-18-33)49-39-23-15-13-21-37(39)31-43(49)53/h7-30H,31-32H2,1-6H3. The Balaban J connectivity index is 1.48. The summed E-state index contributed by atoms with van der Waals surface area (Å²) < 4.78 is 0. The first-order valence-corrected chi connectivity index (χ1v) is 20.4. The van der Waals surface area contributed by atoms with Crippen LogP contribution in [-0.4, -0.2) is 0 Å². The van der Waals surface area contributed by atoms with Crippen molar-refractivity contribution in [2.24, 2.45) is 0 Å². The van der Waals surface area contributed by atoms with Gasteiger partial charge < -0.3 is 0 Å². The Kier molecular flexibility index (Phi) is 7.01. The number of hydrogen-bond donors (Lipinski definition) is 0. The molecular weight excluding hydrogens is 673 g/mol. The van der Waals surface area contributed by atoms with Crippen LogP contribution in [0, 0.1) is 0 Å². The summed E-state index contributed by atoms with van der Waals surface area (Å²) in [6.07, 6.45) is 1.92. The van der Waals surface area contributed by atoms with Gasteiger partial charge in [0.25, 0.3) is 0 Å². The molecule has 0 unspecified atom stereocenters. The van der Waals surface area contributed by atoms with Gasteiger partial charge in [0.15, 0.2) is 0 Å². The summed E-state index contributed by atoms with van der Waals surface area (Å²) in [6.45, 7) is 14.5. The fourth-order valence-electron chi connectivity index (χ4n) is 11.0. The van der Waals surface area contributed by atoms with Gasteiger partial charge in [0, 0.05) is 0 Å². The summed E-state index contributed by atoms with van der Waals surface area (Å²) in [5.74, 6) is 0. The fraction of sp³-hybridized carbons (Fsp3) is 0.179. The minimum absolute atomic E-state index is 0.0704. The molecule has 11 rings (SSSR count). The topological polar surface area (TPSA) is 0 Å². The lowest BCUT2D eigenvalue weighted by atomic mass is 9.73. The normalized spacial score (nSPS) is 13.4. The molecule has 0 N–H and O–H groups in total. The largest absolute Gasteiger partial charge is 0.0622 e. The molecule has 0 bridgehead atoms. The van der Waals surface area contributed by atoms with Gasteiger partial charge in [-0.1, -0.05) is 187 Å². The van der Waals surface area contributed by atoms with Crippen LogP contribution in [0.4, 0.5) is 0 Å². The molecule has 0 heterocycles. The molecule has 0 saturated heterocycles. The van der Waals surface area contributed by atoms with E-state index in [1.54, 1.807) is 0 Å². The summed E-state index contributed by atoms with van der Waals surface area (Å²) >= 11 is 0. The Labute approximate surface area is 330 Å². The van der Waals surface area contributed by atoms with Crippen molar-refractivity contribution in [3.63, 3.8) is 0 Å². The average Bonchev–Trinajstić information content (AvgIpc) is 3.76. The average molecular weight is 719 g/mol. The van der Waals surface area contributed by atoms with Gasteiger partial charge in [-0.3, -0.25) is 0 Å². The molecule has 0 aliphatic heterocycles. The van der Waals surface area contributed by atoms with Crippen LogP contribution in [0.25, 0.3) is 87.6 Å². The van der Waals surface area contributed by atoms with Crippen LogP contribution in [0.15, 0.2) is 146 Å². The third-order valence-corrected chi connectivity index (χ3v) is 12.8. The lowest BCUT2D eigenvalue weighted by molar-refractivity contribution is 0.590. The molecule has 0 nitrogen and oxygen atoms in total. The Morgan fingerprint density at radius 2 is 0.696 bits per heavy atom.